The zero-order valence-corrected chi connectivity index (χ0v) is 16.9. The number of rotatable bonds is 6. The molecule has 3 rings (SSSR count). The summed E-state index contributed by atoms with van der Waals surface area (Å²) in [5.74, 6) is -5.63. The summed E-state index contributed by atoms with van der Waals surface area (Å²) in [5, 5.41) is 6.28. The lowest BCUT2D eigenvalue weighted by molar-refractivity contribution is -0.207. The van der Waals surface area contributed by atoms with Gasteiger partial charge in [0.1, 0.15) is 11.4 Å². The second-order valence-electron chi connectivity index (χ2n) is 6.90. The maximum Gasteiger partial charge on any atom is 0.353 e. The predicted octanol–water partition coefficient (Wildman–Crippen LogP) is 4.76. The lowest BCUT2D eigenvalue weighted by Gasteiger charge is -2.40. The molecule has 1 N–H and O–H groups in total. The Hall–Kier alpha value is -1.87. The number of nitrogens with one attached hydrogen (secondary N) is 1. The van der Waals surface area contributed by atoms with Gasteiger partial charge in [-0.25, -0.2) is 4.39 Å². The van der Waals surface area contributed by atoms with E-state index in [2.05, 4.69) is 26.3 Å². The number of ether oxygens (including phenoxy) is 1. The van der Waals surface area contributed by atoms with E-state index in [1.165, 1.54) is 24.1 Å². The van der Waals surface area contributed by atoms with Gasteiger partial charge >= 0.3 is 5.92 Å². The van der Waals surface area contributed by atoms with Crippen LogP contribution in [0.2, 0.25) is 0 Å². The summed E-state index contributed by atoms with van der Waals surface area (Å²) in [6, 6.07) is 6.19. The first kappa shape index (κ1) is 20.9. The number of hydrogen-bond acceptors (Lipinski definition) is 3. The Labute approximate surface area is 169 Å². The number of hydrogen-bond donors (Lipinski definition) is 1. The van der Waals surface area contributed by atoms with Crippen molar-refractivity contribution >= 4 is 27.7 Å². The lowest BCUT2D eigenvalue weighted by Crippen LogP contribution is -2.57. The zero-order chi connectivity index (χ0) is 20.4. The van der Waals surface area contributed by atoms with Gasteiger partial charge in [0.2, 0.25) is 0 Å². The molecule has 1 saturated carbocycles. The SMILES string of the molecule is COC1(C(F)(F)C(=O)Nc2nn(Cc3ccccc3F)cc2Br)CCCCC1. The Morgan fingerprint density at radius 1 is 1.32 bits per heavy atom. The Balaban J connectivity index is 1.77. The van der Waals surface area contributed by atoms with E-state index in [9.17, 15) is 18.0 Å². The van der Waals surface area contributed by atoms with Gasteiger partial charge in [0.15, 0.2) is 5.82 Å². The number of carbonyl (C=O) groups excluding carboxylic acids is 1. The molecule has 1 aliphatic carbocycles. The minimum atomic E-state index is -3.71. The maximum atomic E-state index is 14.9. The number of anilines is 1. The molecule has 0 spiro atoms. The monoisotopic (exact) mass is 459 g/mol. The molecule has 1 aliphatic rings. The highest BCUT2D eigenvalue weighted by Gasteiger charge is 2.59. The Morgan fingerprint density at radius 2 is 2.00 bits per heavy atom. The van der Waals surface area contributed by atoms with E-state index >= 15 is 0 Å². The normalized spacial score (nSPS) is 16.8. The third-order valence-electron chi connectivity index (χ3n) is 5.15. The van der Waals surface area contributed by atoms with Gasteiger partial charge in [-0.05, 0) is 34.8 Å². The molecule has 0 atom stereocenters. The van der Waals surface area contributed by atoms with Crippen LogP contribution in [0.15, 0.2) is 34.9 Å². The molecule has 2 aromatic rings. The van der Waals surface area contributed by atoms with Crippen LogP contribution in [0.4, 0.5) is 19.0 Å². The molecule has 152 valence electrons. The highest BCUT2D eigenvalue weighted by molar-refractivity contribution is 9.10. The largest absolute Gasteiger partial charge is 0.371 e. The standard InChI is InChI=1S/C19H21BrF3N3O2/c1-28-18(9-5-2-6-10-18)19(22,23)17(27)24-16-14(20)12-26(25-16)11-13-7-3-4-8-15(13)21/h3-4,7-8,12H,2,5-6,9-11H2,1H3,(H,24,25,27). The fraction of sp³-hybridized carbons (Fsp3) is 0.474. The van der Waals surface area contributed by atoms with Crippen molar-refractivity contribution in [2.24, 2.45) is 0 Å². The molecule has 1 fully saturated rings. The van der Waals surface area contributed by atoms with Crippen molar-refractivity contribution in [2.75, 3.05) is 12.4 Å². The lowest BCUT2D eigenvalue weighted by atomic mass is 9.79. The summed E-state index contributed by atoms with van der Waals surface area (Å²) in [5.41, 5.74) is -1.42. The molecule has 9 heteroatoms. The van der Waals surface area contributed by atoms with Crippen molar-refractivity contribution in [2.45, 2.75) is 50.2 Å². The van der Waals surface area contributed by atoms with Crippen LogP contribution < -0.4 is 5.32 Å². The van der Waals surface area contributed by atoms with Crippen LogP contribution in [0.3, 0.4) is 0 Å². The van der Waals surface area contributed by atoms with E-state index in [4.69, 9.17) is 4.74 Å². The molecule has 0 saturated heterocycles. The summed E-state index contributed by atoms with van der Waals surface area (Å²) >= 11 is 3.20. The fourth-order valence-electron chi connectivity index (χ4n) is 3.53. The highest BCUT2D eigenvalue weighted by atomic mass is 79.9. The van der Waals surface area contributed by atoms with E-state index < -0.39 is 23.2 Å². The number of aromatic nitrogens is 2. The van der Waals surface area contributed by atoms with E-state index in [1.54, 1.807) is 18.2 Å². The smallest absolute Gasteiger partial charge is 0.353 e. The van der Waals surface area contributed by atoms with Crippen LogP contribution in [-0.2, 0) is 16.1 Å². The van der Waals surface area contributed by atoms with Crippen LogP contribution in [-0.4, -0.2) is 34.3 Å². The molecule has 0 aliphatic heterocycles. The number of amides is 1. The van der Waals surface area contributed by atoms with Gasteiger partial charge in [0.25, 0.3) is 5.91 Å². The maximum absolute atomic E-state index is 14.9. The molecule has 1 aromatic heterocycles. The fourth-order valence-corrected chi connectivity index (χ4v) is 3.94. The molecule has 1 aromatic carbocycles. The Bertz CT molecular complexity index is 851. The second kappa shape index (κ2) is 8.24. The number of halogens is 4. The van der Waals surface area contributed by atoms with E-state index in [-0.39, 0.29) is 25.2 Å². The van der Waals surface area contributed by atoms with Crippen molar-refractivity contribution in [1.82, 2.24) is 9.78 Å². The van der Waals surface area contributed by atoms with Crippen molar-refractivity contribution < 1.29 is 22.7 Å². The summed E-state index contributed by atoms with van der Waals surface area (Å²) in [6.45, 7) is 0.0968. The van der Waals surface area contributed by atoms with Gasteiger partial charge < -0.3 is 10.1 Å². The number of alkyl halides is 2. The summed E-state index contributed by atoms with van der Waals surface area (Å²) in [7, 11) is 1.21. The minimum Gasteiger partial charge on any atom is -0.371 e. The van der Waals surface area contributed by atoms with Gasteiger partial charge in [0, 0.05) is 18.9 Å². The van der Waals surface area contributed by atoms with E-state index in [0.717, 1.165) is 6.42 Å². The number of carbonyl (C=O) groups is 1. The van der Waals surface area contributed by atoms with Crippen molar-refractivity contribution in [3.8, 4) is 0 Å². The van der Waals surface area contributed by atoms with Crippen molar-refractivity contribution in [1.29, 1.82) is 0 Å². The molecule has 0 bridgehead atoms. The van der Waals surface area contributed by atoms with Gasteiger partial charge in [-0.3, -0.25) is 9.48 Å². The van der Waals surface area contributed by atoms with Crippen LogP contribution in [0.25, 0.3) is 0 Å². The van der Waals surface area contributed by atoms with Crippen molar-refractivity contribution in [3.05, 3.63) is 46.3 Å². The third-order valence-corrected chi connectivity index (χ3v) is 5.73. The molecule has 0 radical (unpaired) electrons. The second-order valence-corrected chi connectivity index (χ2v) is 7.76. The summed E-state index contributed by atoms with van der Waals surface area (Å²) < 4.78 is 50.5. The highest BCUT2D eigenvalue weighted by Crippen LogP contribution is 2.44. The first-order chi connectivity index (χ1) is 13.3. The van der Waals surface area contributed by atoms with Crippen LogP contribution >= 0.6 is 15.9 Å². The first-order valence-corrected chi connectivity index (χ1v) is 9.79. The predicted molar refractivity (Wildman–Crippen MR) is 102 cm³/mol. The number of methoxy groups -OCH3 is 1. The molecule has 28 heavy (non-hydrogen) atoms. The number of benzene rings is 1. The van der Waals surface area contributed by atoms with Gasteiger partial charge in [0.05, 0.1) is 11.0 Å². The van der Waals surface area contributed by atoms with E-state index in [1.807, 2.05) is 0 Å². The van der Waals surface area contributed by atoms with Gasteiger partial charge in [-0.2, -0.15) is 13.9 Å². The molecular weight excluding hydrogens is 439 g/mol. The quantitative estimate of drug-likeness (QED) is 0.677. The average molecular weight is 460 g/mol. The molecule has 1 amide bonds. The molecule has 0 unspecified atom stereocenters. The topological polar surface area (TPSA) is 56.1 Å². The number of nitrogens with zero attached hydrogens (tertiary/aromatic N) is 2. The minimum absolute atomic E-state index is 0.0527. The third kappa shape index (κ3) is 3.96. The Morgan fingerprint density at radius 3 is 2.64 bits per heavy atom. The van der Waals surface area contributed by atoms with E-state index in [0.29, 0.717) is 22.9 Å². The van der Waals surface area contributed by atoms with Gasteiger partial charge in [-0.1, -0.05) is 37.5 Å². The van der Waals surface area contributed by atoms with Crippen molar-refractivity contribution in [3.63, 3.8) is 0 Å². The first-order valence-electron chi connectivity index (χ1n) is 9.00. The summed E-state index contributed by atoms with van der Waals surface area (Å²) in [4.78, 5) is 12.4. The summed E-state index contributed by atoms with van der Waals surface area (Å²) in [6.07, 6.45) is 3.73. The van der Waals surface area contributed by atoms with Gasteiger partial charge in [-0.15, -0.1) is 0 Å². The van der Waals surface area contributed by atoms with Crippen LogP contribution in [0.1, 0.15) is 37.7 Å². The molecular formula is C19H21BrF3N3O2. The van der Waals surface area contributed by atoms with Crippen LogP contribution in [0.5, 0.6) is 0 Å². The van der Waals surface area contributed by atoms with Crippen LogP contribution in [0, 0.1) is 5.82 Å². The molecule has 5 nitrogen and oxygen atoms in total. The zero-order valence-electron chi connectivity index (χ0n) is 15.4. The average Bonchev–Trinajstić information content (AvgIpc) is 3.03. The molecule has 1 heterocycles. The Kier molecular flexibility index (Phi) is 6.14.